The second kappa shape index (κ2) is 15.3. The van der Waals surface area contributed by atoms with Crippen molar-refractivity contribution in [2.45, 2.75) is 56.5 Å². The number of hydrogen-bond acceptors (Lipinski definition) is 8. The lowest BCUT2D eigenvalue weighted by atomic mass is 10.0. The Labute approximate surface area is 208 Å². The van der Waals surface area contributed by atoms with E-state index in [9.17, 15) is 29.4 Å². The first-order valence-corrected chi connectivity index (χ1v) is 11.2. The number of nitrogens with one attached hydrogen (secondary N) is 3. The summed E-state index contributed by atoms with van der Waals surface area (Å²) in [5.41, 5.74) is 17.0. The summed E-state index contributed by atoms with van der Waals surface area (Å²) < 4.78 is 0. The number of benzene rings is 1. The highest BCUT2D eigenvalue weighted by Crippen LogP contribution is 2.06. The third kappa shape index (κ3) is 10.7. The van der Waals surface area contributed by atoms with Crippen LogP contribution in [0.2, 0.25) is 0 Å². The molecule has 0 aliphatic carbocycles. The van der Waals surface area contributed by atoms with Crippen molar-refractivity contribution in [2.24, 2.45) is 22.2 Å². The van der Waals surface area contributed by atoms with Gasteiger partial charge in [0.05, 0.1) is 18.8 Å². The Balaban J connectivity index is 2.95. The number of aliphatic imine (C=N–C) groups is 1. The number of nitrogens with two attached hydrogens (primary N) is 3. The van der Waals surface area contributed by atoms with Crippen LogP contribution in [0.1, 0.15) is 25.3 Å². The molecule has 0 fully saturated rings. The fraction of sp³-hybridized carbons (Fsp3) is 0.500. The van der Waals surface area contributed by atoms with Gasteiger partial charge in [-0.25, -0.2) is 4.79 Å². The van der Waals surface area contributed by atoms with E-state index in [0.717, 1.165) is 0 Å². The lowest BCUT2D eigenvalue weighted by Gasteiger charge is -2.26. The molecule has 0 saturated heterocycles. The molecule has 3 amide bonds. The van der Waals surface area contributed by atoms with Crippen LogP contribution in [0.4, 0.5) is 0 Å². The van der Waals surface area contributed by atoms with Gasteiger partial charge in [0.2, 0.25) is 17.7 Å². The zero-order valence-corrected chi connectivity index (χ0v) is 20.0. The zero-order chi connectivity index (χ0) is 27.3. The van der Waals surface area contributed by atoms with Crippen LogP contribution in [-0.4, -0.2) is 88.4 Å². The Morgan fingerprint density at radius 3 is 2.11 bits per heavy atom. The van der Waals surface area contributed by atoms with E-state index in [1.54, 1.807) is 30.3 Å². The molecule has 0 spiro atoms. The number of carboxylic acids is 1. The molecule has 0 saturated carbocycles. The van der Waals surface area contributed by atoms with Crippen molar-refractivity contribution < 1.29 is 34.5 Å². The van der Waals surface area contributed by atoms with Crippen molar-refractivity contribution in [3.63, 3.8) is 0 Å². The van der Waals surface area contributed by atoms with Gasteiger partial charge in [-0.15, -0.1) is 0 Å². The van der Waals surface area contributed by atoms with Gasteiger partial charge in [-0.2, -0.15) is 0 Å². The van der Waals surface area contributed by atoms with E-state index < -0.39 is 60.6 Å². The van der Waals surface area contributed by atoms with Crippen LogP contribution in [0.15, 0.2) is 35.3 Å². The number of hydrogen-bond donors (Lipinski definition) is 9. The fourth-order valence-electron chi connectivity index (χ4n) is 3.09. The molecule has 1 aromatic carbocycles. The largest absolute Gasteiger partial charge is 0.480 e. The number of carboxylic acid groups (broad SMARTS) is 1. The Kier molecular flexibility index (Phi) is 12.9. The van der Waals surface area contributed by atoms with Crippen molar-refractivity contribution in [1.29, 1.82) is 0 Å². The van der Waals surface area contributed by atoms with E-state index in [1.807, 2.05) is 0 Å². The number of amides is 3. The van der Waals surface area contributed by atoms with Crippen LogP contribution in [0.5, 0.6) is 0 Å². The summed E-state index contributed by atoms with van der Waals surface area (Å²) in [5, 5.41) is 35.4. The molecule has 0 bridgehead atoms. The van der Waals surface area contributed by atoms with E-state index in [4.69, 9.17) is 22.3 Å². The van der Waals surface area contributed by atoms with Gasteiger partial charge in [0, 0.05) is 13.0 Å². The van der Waals surface area contributed by atoms with Crippen molar-refractivity contribution in [1.82, 2.24) is 16.0 Å². The lowest BCUT2D eigenvalue weighted by Crippen LogP contribution is -2.60. The molecule has 1 rings (SSSR count). The van der Waals surface area contributed by atoms with Gasteiger partial charge in [0.25, 0.3) is 0 Å². The average molecular weight is 510 g/mol. The number of guanidine groups is 1. The van der Waals surface area contributed by atoms with Crippen molar-refractivity contribution >= 4 is 29.7 Å². The van der Waals surface area contributed by atoms with Gasteiger partial charge in [-0.05, 0) is 25.3 Å². The number of aliphatic hydroxyl groups is 2. The predicted octanol–water partition coefficient (Wildman–Crippen LogP) is -3.48. The van der Waals surface area contributed by atoms with Gasteiger partial charge in [0.15, 0.2) is 5.96 Å². The van der Waals surface area contributed by atoms with Gasteiger partial charge in [0.1, 0.15) is 18.1 Å². The Hall–Kier alpha value is -3.75. The maximum atomic E-state index is 13.0. The second-order valence-corrected chi connectivity index (χ2v) is 8.12. The van der Waals surface area contributed by atoms with E-state index in [0.29, 0.717) is 12.0 Å². The van der Waals surface area contributed by atoms with Crippen LogP contribution >= 0.6 is 0 Å². The van der Waals surface area contributed by atoms with E-state index in [1.165, 1.54) is 6.92 Å². The number of aliphatic carboxylic acids is 1. The molecule has 0 radical (unpaired) electrons. The molecule has 36 heavy (non-hydrogen) atoms. The minimum Gasteiger partial charge on any atom is -0.480 e. The molecule has 0 heterocycles. The fourth-order valence-corrected chi connectivity index (χ4v) is 3.09. The second-order valence-electron chi connectivity index (χ2n) is 8.12. The average Bonchev–Trinajstić information content (AvgIpc) is 2.82. The van der Waals surface area contributed by atoms with E-state index in [2.05, 4.69) is 20.9 Å². The van der Waals surface area contributed by atoms with Crippen LogP contribution in [0.3, 0.4) is 0 Å². The van der Waals surface area contributed by atoms with Crippen LogP contribution in [-0.2, 0) is 25.6 Å². The van der Waals surface area contributed by atoms with Crippen molar-refractivity contribution in [3.8, 4) is 0 Å². The summed E-state index contributed by atoms with van der Waals surface area (Å²) in [6.07, 6.45) is -0.783. The molecule has 14 nitrogen and oxygen atoms in total. The quantitative estimate of drug-likeness (QED) is 0.0640. The molecule has 5 unspecified atom stereocenters. The summed E-state index contributed by atoms with van der Waals surface area (Å²) in [7, 11) is 0. The normalized spacial score (nSPS) is 14.9. The molecule has 5 atom stereocenters. The third-order valence-electron chi connectivity index (χ3n) is 5.08. The van der Waals surface area contributed by atoms with Gasteiger partial charge >= 0.3 is 5.97 Å². The monoisotopic (exact) mass is 509 g/mol. The number of carbonyl (C=O) groups is 4. The Morgan fingerprint density at radius 2 is 1.58 bits per heavy atom. The highest BCUT2D eigenvalue weighted by Gasteiger charge is 2.32. The minimum atomic E-state index is -1.59. The van der Waals surface area contributed by atoms with Crippen molar-refractivity contribution in [3.05, 3.63) is 35.9 Å². The molecule has 0 aliphatic rings. The van der Waals surface area contributed by atoms with Crippen LogP contribution in [0.25, 0.3) is 0 Å². The maximum absolute atomic E-state index is 13.0. The first-order valence-electron chi connectivity index (χ1n) is 11.2. The number of carbonyl (C=O) groups excluding carboxylic acids is 3. The summed E-state index contributed by atoms with van der Waals surface area (Å²) in [6.45, 7) is 0.666. The SMILES string of the molecule is CC(O)C(NC(=O)C(N)CCCN=C(N)N)C(=O)NC(Cc1ccccc1)C(=O)NC(CO)C(=O)O. The van der Waals surface area contributed by atoms with Crippen LogP contribution < -0.4 is 33.2 Å². The van der Waals surface area contributed by atoms with Gasteiger partial charge in [-0.3, -0.25) is 19.4 Å². The number of aliphatic hydroxyl groups excluding tert-OH is 2. The van der Waals surface area contributed by atoms with Gasteiger partial charge < -0.3 is 48.5 Å². The first-order chi connectivity index (χ1) is 17.0. The zero-order valence-electron chi connectivity index (χ0n) is 20.0. The smallest absolute Gasteiger partial charge is 0.328 e. The number of nitrogens with zero attached hydrogens (tertiary/aromatic N) is 1. The lowest BCUT2D eigenvalue weighted by molar-refractivity contribution is -0.143. The molecule has 0 aromatic heterocycles. The van der Waals surface area contributed by atoms with Gasteiger partial charge in [-0.1, -0.05) is 30.3 Å². The summed E-state index contributed by atoms with van der Waals surface area (Å²) >= 11 is 0. The standard InChI is InChI=1S/C22H35N7O7/c1-12(31)17(29-18(32)14(23)8-5-9-26-22(24)25)20(34)27-15(10-13-6-3-2-4-7-13)19(33)28-16(11-30)21(35)36/h2-4,6-7,12,14-17,30-31H,5,8-11,23H2,1H3,(H,27,34)(H,28,33)(H,29,32)(H,35,36)(H4,24,25,26). The van der Waals surface area contributed by atoms with Crippen molar-refractivity contribution in [2.75, 3.05) is 13.2 Å². The van der Waals surface area contributed by atoms with E-state index >= 15 is 0 Å². The molecule has 200 valence electrons. The summed E-state index contributed by atoms with van der Waals surface area (Å²) in [5.74, 6) is -4.03. The predicted molar refractivity (Wildman–Crippen MR) is 130 cm³/mol. The van der Waals surface area contributed by atoms with Crippen LogP contribution in [0, 0.1) is 0 Å². The topological polar surface area (TPSA) is 255 Å². The first kappa shape index (κ1) is 30.3. The highest BCUT2D eigenvalue weighted by molar-refractivity contribution is 5.94. The minimum absolute atomic E-state index is 0.0268. The molecule has 0 aliphatic heterocycles. The summed E-state index contributed by atoms with van der Waals surface area (Å²) in [4.78, 5) is 53.2. The highest BCUT2D eigenvalue weighted by atomic mass is 16.4. The molecular formula is C22H35N7O7. The maximum Gasteiger partial charge on any atom is 0.328 e. The Morgan fingerprint density at radius 1 is 0.972 bits per heavy atom. The molecule has 12 N–H and O–H groups in total. The Bertz CT molecular complexity index is 907. The third-order valence-corrected chi connectivity index (χ3v) is 5.08. The molecule has 14 heteroatoms. The molecule has 1 aromatic rings. The summed E-state index contributed by atoms with van der Waals surface area (Å²) in [6, 6.07) is 3.24. The van der Waals surface area contributed by atoms with E-state index in [-0.39, 0.29) is 25.3 Å². The molecular weight excluding hydrogens is 474 g/mol. The number of rotatable bonds is 15.